The molecule has 0 unspecified atom stereocenters. The van der Waals surface area contributed by atoms with E-state index in [1.54, 1.807) is 4.57 Å². The summed E-state index contributed by atoms with van der Waals surface area (Å²) in [6.45, 7) is 6.58. The van der Waals surface area contributed by atoms with Gasteiger partial charge < -0.3 is 9.47 Å². The lowest BCUT2D eigenvalue weighted by Crippen LogP contribution is -2.29. The number of hydrogen-bond acceptors (Lipinski definition) is 7. The SMILES string of the molecule is CC[C@H]1O[C@@H](n2cnc3c(=O)[nH]c(NC(C)=O)nc32)[C@H](OC(C)=O)[C@@H]1C. The van der Waals surface area contributed by atoms with Gasteiger partial charge in [0.15, 0.2) is 23.5 Å². The van der Waals surface area contributed by atoms with Crippen LogP contribution >= 0.6 is 0 Å². The van der Waals surface area contributed by atoms with E-state index in [0.717, 1.165) is 6.42 Å². The quantitative estimate of drug-likeness (QED) is 0.774. The highest BCUT2D eigenvalue weighted by Gasteiger charge is 2.45. The number of ether oxygens (including phenoxy) is 2. The van der Waals surface area contributed by atoms with Crippen LogP contribution in [0.15, 0.2) is 11.1 Å². The minimum absolute atomic E-state index is 0.0128. The van der Waals surface area contributed by atoms with Crippen LogP contribution in [0.4, 0.5) is 5.95 Å². The molecule has 2 aromatic rings. The zero-order valence-corrected chi connectivity index (χ0v) is 15.0. The summed E-state index contributed by atoms with van der Waals surface area (Å²) < 4.78 is 13.1. The van der Waals surface area contributed by atoms with E-state index in [9.17, 15) is 14.4 Å². The molecule has 1 fully saturated rings. The molecule has 3 heterocycles. The molecule has 10 nitrogen and oxygen atoms in total. The van der Waals surface area contributed by atoms with Gasteiger partial charge in [-0.05, 0) is 6.42 Å². The first-order valence-electron chi connectivity index (χ1n) is 8.39. The number of esters is 1. The van der Waals surface area contributed by atoms with E-state index >= 15 is 0 Å². The van der Waals surface area contributed by atoms with Crippen molar-refractivity contribution < 1.29 is 19.1 Å². The molecule has 0 radical (unpaired) electrons. The maximum atomic E-state index is 12.2. The van der Waals surface area contributed by atoms with Crippen LogP contribution in [0.2, 0.25) is 0 Å². The Bertz CT molecular complexity index is 904. The largest absolute Gasteiger partial charge is 0.457 e. The monoisotopic (exact) mass is 363 g/mol. The third kappa shape index (κ3) is 3.19. The van der Waals surface area contributed by atoms with Gasteiger partial charge in [0.1, 0.15) is 0 Å². The van der Waals surface area contributed by atoms with Crippen LogP contribution in [0, 0.1) is 5.92 Å². The molecule has 1 aliphatic rings. The van der Waals surface area contributed by atoms with Gasteiger partial charge in [-0.15, -0.1) is 0 Å². The Kier molecular flexibility index (Phi) is 4.77. The van der Waals surface area contributed by atoms with E-state index in [1.165, 1.54) is 20.2 Å². The van der Waals surface area contributed by atoms with Crippen molar-refractivity contribution in [3.63, 3.8) is 0 Å². The van der Waals surface area contributed by atoms with E-state index in [2.05, 4.69) is 20.3 Å². The van der Waals surface area contributed by atoms with E-state index in [0.29, 0.717) is 0 Å². The molecule has 0 spiro atoms. The standard InChI is InChI=1S/C16H21N5O5/c1-5-10-7(2)12(25-9(4)23)15(26-10)21-6-17-11-13(21)19-16(18-8(3)22)20-14(11)24/h6-7,10,12,15H,5H2,1-4H3,(H2,18,19,20,22,24)/t7-,10-,12-,15-/m1/s1. The van der Waals surface area contributed by atoms with Gasteiger partial charge in [-0.1, -0.05) is 13.8 Å². The maximum Gasteiger partial charge on any atom is 0.303 e. The lowest BCUT2D eigenvalue weighted by atomic mass is 9.98. The average molecular weight is 363 g/mol. The van der Waals surface area contributed by atoms with Gasteiger partial charge in [-0.25, -0.2) is 4.98 Å². The topological polar surface area (TPSA) is 128 Å². The first-order chi connectivity index (χ1) is 12.3. The Hall–Kier alpha value is -2.75. The summed E-state index contributed by atoms with van der Waals surface area (Å²) in [5, 5.41) is 2.44. The molecule has 2 N–H and O–H groups in total. The van der Waals surface area contributed by atoms with Crippen molar-refractivity contribution in [3.8, 4) is 0 Å². The zero-order chi connectivity index (χ0) is 19.0. The number of aromatic amines is 1. The molecular weight excluding hydrogens is 342 g/mol. The highest BCUT2D eigenvalue weighted by atomic mass is 16.6. The van der Waals surface area contributed by atoms with Gasteiger partial charge >= 0.3 is 5.97 Å². The van der Waals surface area contributed by atoms with E-state index < -0.39 is 23.9 Å². The molecule has 2 aromatic heterocycles. The Morgan fingerprint density at radius 3 is 2.77 bits per heavy atom. The third-order valence-corrected chi connectivity index (χ3v) is 4.41. The number of imidazole rings is 1. The summed E-state index contributed by atoms with van der Waals surface area (Å²) in [5.74, 6) is -0.809. The fourth-order valence-corrected chi connectivity index (χ4v) is 3.24. The van der Waals surface area contributed by atoms with Crippen molar-refractivity contribution in [3.05, 3.63) is 16.7 Å². The average Bonchev–Trinajstić information content (AvgIpc) is 3.09. The van der Waals surface area contributed by atoms with Crippen molar-refractivity contribution in [2.24, 2.45) is 5.92 Å². The van der Waals surface area contributed by atoms with E-state index in [-0.39, 0.29) is 35.0 Å². The van der Waals surface area contributed by atoms with Crippen molar-refractivity contribution in [1.29, 1.82) is 0 Å². The van der Waals surface area contributed by atoms with Crippen molar-refractivity contribution in [2.45, 2.75) is 52.6 Å². The summed E-state index contributed by atoms with van der Waals surface area (Å²) >= 11 is 0. The smallest absolute Gasteiger partial charge is 0.303 e. The highest BCUT2D eigenvalue weighted by Crippen LogP contribution is 2.38. The minimum Gasteiger partial charge on any atom is -0.457 e. The number of carbonyl (C=O) groups excluding carboxylic acids is 2. The van der Waals surface area contributed by atoms with Crippen LogP contribution in [0.25, 0.3) is 11.2 Å². The fraction of sp³-hybridized carbons (Fsp3) is 0.562. The van der Waals surface area contributed by atoms with Gasteiger partial charge in [0.05, 0.1) is 12.4 Å². The molecule has 1 saturated heterocycles. The van der Waals surface area contributed by atoms with Gasteiger partial charge in [-0.2, -0.15) is 4.98 Å². The molecule has 1 aliphatic heterocycles. The van der Waals surface area contributed by atoms with Crippen LogP contribution < -0.4 is 10.9 Å². The summed E-state index contributed by atoms with van der Waals surface area (Å²) in [6.07, 6.45) is 0.853. The van der Waals surface area contributed by atoms with Crippen molar-refractivity contribution in [2.75, 3.05) is 5.32 Å². The van der Waals surface area contributed by atoms with Crippen LogP contribution in [-0.4, -0.2) is 43.6 Å². The molecule has 0 bridgehead atoms. The molecule has 1 amide bonds. The number of rotatable bonds is 4. The van der Waals surface area contributed by atoms with Crippen molar-refractivity contribution >= 4 is 29.0 Å². The first kappa shape index (κ1) is 18.1. The summed E-state index contributed by atoms with van der Waals surface area (Å²) in [4.78, 5) is 45.8. The molecule has 0 saturated carbocycles. The second-order valence-electron chi connectivity index (χ2n) is 6.33. The summed E-state index contributed by atoms with van der Waals surface area (Å²) in [6, 6.07) is 0. The Morgan fingerprint density at radius 2 is 2.15 bits per heavy atom. The number of anilines is 1. The number of H-pyrrole nitrogens is 1. The van der Waals surface area contributed by atoms with E-state index in [1.807, 2.05) is 13.8 Å². The predicted octanol–water partition coefficient (Wildman–Crippen LogP) is 0.953. The van der Waals surface area contributed by atoms with Gasteiger partial charge in [-0.3, -0.25) is 29.3 Å². The summed E-state index contributed by atoms with van der Waals surface area (Å²) in [5.41, 5.74) is -0.139. The fourth-order valence-electron chi connectivity index (χ4n) is 3.24. The number of amides is 1. The molecule has 140 valence electrons. The molecule has 3 rings (SSSR count). The first-order valence-corrected chi connectivity index (χ1v) is 8.39. The number of nitrogens with one attached hydrogen (secondary N) is 2. The second-order valence-corrected chi connectivity index (χ2v) is 6.33. The number of nitrogens with zero attached hydrogens (tertiary/aromatic N) is 3. The lowest BCUT2D eigenvalue weighted by Gasteiger charge is -2.21. The Labute approximate surface area is 148 Å². The van der Waals surface area contributed by atoms with Gasteiger partial charge in [0.2, 0.25) is 11.9 Å². The van der Waals surface area contributed by atoms with Gasteiger partial charge in [0.25, 0.3) is 5.56 Å². The highest BCUT2D eigenvalue weighted by molar-refractivity contribution is 5.87. The number of aromatic nitrogens is 4. The number of fused-ring (bicyclic) bond motifs is 1. The Morgan fingerprint density at radius 1 is 1.42 bits per heavy atom. The molecule has 4 atom stereocenters. The second kappa shape index (κ2) is 6.87. The molecule has 0 aromatic carbocycles. The molecular formula is C16H21N5O5. The number of carbonyl (C=O) groups is 2. The minimum atomic E-state index is -0.664. The molecule has 26 heavy (non-hydrogen) atoms. The predicted molar refractivity (Wildman–Crippen MR) is 91.4 cm³/mol. The van der Waals surface area contributed by atoms with Crippen LogP contribution in [0.1, 0.15) is 40.3 Å². The molecule has 0 aliphatic carbocycles. The van der Waals surface area contributed by atoms with Crippen molar-refractivity contribution in [1.82, 2.24) is 19.5 Å². The lowest BCUT2D eigenvalue weighted by molar-refractivity contribution is -0.153. The summed E-state index contributed by atoms with van der Waals surface area (Å²) in [7, 11) is 0. The third-order valence-electron chi connectivity index (χ3n) is 4.41. The van der Waals surface area contributed by atoms with E-state index in [4.69, 9.17) is 9.47 Å². The maximum absolute atomic E-state index is 12.2. The zero-order valence-electron chi connectivity index (χ0n) is 15.0. The van der Waals surface area contributed by atoms with Crippen LogP contribution in [0.5, 0.6) is 0 Å². The van der Waals surface area contributed by atoms with Crippen LogP contribution in [-0.2, 0) is 19.1 Å². The van der Waals surface area contributed by atoms with Gasteiger partial charge in [0, 0.05) is 19.8 Å². The normalized spacial score (nSPS) is 25.4. The van der Waals surface area contributed by atoms with Crippen LogP contribution in [0.3, 0.4) is 0 Å². The molecule has 10 heteroatoms. The Balaban J connectivity index is 2.08. The number of hydrogen-bond donors (Lipinski definition) is 2.